The Kier molecular flexibility index (Phi) is 7.31. The number of rotatable bonds is 7. The highest BCUT2D eigenvalue weighted by Gasteiger charge is 2.19. The van der Waals surface area contributed by atoms with Gasteiger partial charge in [0, 0.05) is 13.2 Å². The van der Waals surface area contributed by atoms with Gasteiger partial charge in [-0.25, -0.2) is 0 Å². The molecule has 0 aromatic rings. The summed E-state index contributed by atoms with van der Waals surface area (Å²) in [6.45, 7) is 5.73. The van der Waals surface area contributed by atoms with Crippen LogP contribution in [0.2, 0.25) is 6.04 Å². The van der Waals surface area contributed by atoms with Crippen molar-refractivity contribution in [2.75, 3.05) is 13.2 Å². The molecule has 0 saturated heterocycles. The summed E-state index contributed by atoms with van der Waals surface area (Å²) < 4.78 is 11.3. The van der Waals surface area contributed by atoms with Gasteiger partial charge in [0.05, 0.1) is 0 Å². The minimum atomic E-state index is -0.945. The molecule has 0 aromatic carbocycles. The molecule has 1 aliphatic carbocycles. The maximum Gasteiger partial charge on any atom is 0.384 e. The Morgan fingerprint density at radius 2 is 1.60 bits per heavy atom. The van der Waals surface area contributed by atoms with Gasteiger partial charge in [-0.2, -0.15) is 0 Å². The lowest BCUT2D eigenvalue weighted by molar-refractivity contribution is 0.209. The van der Waals surface area contributed by atoms with Gasteiger partial charge in [0.25, 0.3) is 0 Å². The second-order valence-electron chi connectivity index (χ2n) is 4.28. The monoisotopic (exact) mass is 229 g/mol. The molecule has 3 heteroatoms. The molecule has 0 spiro atoms. The Morgan fingerprint density at radius 1 is 1.00 bits per heavy atom. The Morgan fingerprint density at radius 3 is 2.13 bits per heavy atom. The van der Waals surface area contributed by atoms with Crippen LogP contribution in [-0.2, 0) is 8.85 Å². The molecule has 0 aromatic heterocycles. The molecule has 0 atom stereocenters. The lowest BCUT2D eigenvalue weighted by Gasteiger charge is -2.22. The summed E-state index contributed by atoms with van der Waals surface area (Å²) in [6.07, 6.45) is 8.53. The van der Waals surface area contributed by atoms with Crippen molar-refractivity contribution >= 4 is 9.28 Å². The molecule has 0 aliphatic heterocycles. The first-order chi connectivity index (χ1) is 7.36. The van der Waals surface area contributed by atoms with Gasteiger partial charge in [0.1, 0.15) is 0 Å². The second kappa shape index (κ2) is 8.31. The average Bonchev–Trinajstić information content (AvgIpc) is 2.28. The van der Waals surface area contributed by atoms with Crippen LogP contribution >= 0.6 is 0 Å². The molecule has 1 fully saturated rings. The summed E-state index contributed by atoms with van der Waals surface area (Å²) in [5.74, 6) is 0.958. The van der Waals surface area contributed by atoms with E-state index in [1.807, 2.05) is 0 Å². The van der Waals surface area contributed by atoms with E-state index >= 15 is 0 Å². The first-order valence-electron chi connectivity index (χ1n) is 6.48. The zero-order chi connectivity index (χ0) is 10.9. The Labute approximate surface area is 96.2 Å². The molecular formula is C12H25O2Si. The Bertz CT molecular complexity index is 141. The van der Waals surface area contributed by atoms with Crippen molar-refractivity contribution in [1.82, 2.24) is 0 Å². The van der Waals surface area contributed by atoms with Crippen LogP contribution < -0.4 is 0 Å². The third-order valence-corrected chi connectivity index (χ3v) is 5.01. The summed E-state index contributed by atoms with van der Waals surface area (Å²) in [5.41, 5.74) is 0. The van der Waals surface area contributed by atoms with Crippen LogP contribution in [0.1, 0.15) is 52.4 Å². The highest BCUT2D eigenvalue weighted by molar-refractivity contribution is 6.44. The van der Waals surface area contributed by atoms with Gasteiger partial charge in [0.2, 0.25) is 0 Å². The molecule has 0 heterocycles. The summed E-state index contributed by atoms with van der Waals surface area (Å²) >= 11 is 0. The first kappa shape index (κ1) is 13.2. The quantitative estimate of drug-likeness (QED) is 0.622. The fourth-order valence-corrected chi connectivity index (χ4v) is 3.97. The number of hydrogen-bond acceptors (Lipinski definition) is 2. The summed E-state index contributed by atoms with van der Waals surface area (Å²) in [6, 6.07) is 1.18. The van der Waals surface area contributed by atoms with Crippen LogP contribution in [0, 0.1) is 5.92 Å². The Balaban J connectivity index is 2.13. The lowest BCUT2D eigenvalue weighted by atomic mass is 9.88. The topological polar surface area (TPSA) is 18.5 Å². The average molecular weight is 229 g/mol. The highest BCUT2D eigenvalue weighted by atomic mass is 28.3. The normalized spacial score (nSPS) is 18.6. The van der Waals surface area contributed by atoms with Gasteiger partial charge < -0.3 is 8.85 Å². The van der Waals surface area contributed by atoms with E-state index in [2.05, 4.69) is 13.8 Å². The maximum atomic E-state index is 5.65. The maximum absolute atomic E-state index is 5.65. The van der Waals surface area contributed by atoms with Crippen molar-refractivity contribution in [2.45, 2.75) is 58.4 Å². The molecule has 89 valence electrons. The molecular weight excluding hydrogens is 204 g/mol. The molecule has 1 rings (SSSR count). The van der Waals surface area contributed by atoms with Crippen molar-refractivity contribution in [3.8, 4) is 0 Å². The largest absolute Gasteiger partial charge is 0.394 e. The van der Waals surface area contributed by atoms with E-state index < -0.39 is 9.28 Å². The zero-order valence-corrected chi connectivity index (χ0v) is 11.3. The summed E-state index contributed by atoms with van der Waals surface area (Å²) in [4.78, 5) is 0. The third-order valence-electron chi connectivity index (χ3n) is 3.09. The predicted octanol–water partition coefficient (Wildman–Crippen LogP) is 3.52. The summed E-state index contributed by atoms with van der Waals surface area (Å²) in [5, 5.41) is 0. The SMILES string of the molecule is CCO[Si](CCC1CCCCC1)OCC. The molecule has 0 amide bonds. The van der Waals surface area contributed by atoms with Crippen LogP contribution in [0.15, 0.2) is 0 Å². The van der Waals surface area contributed by atoms with Crippen molar-refractivity contribution in [3.05, 3.63) is 0 Å². The molecule has 15 heavy (non-hydrogen) atoms. The van der Waals surface area contributed by atoms with E-state index in [9.17, 15) is 0 Å². The first-order valence-corrected chi connectivity index (χ1v) is 8.00. The molecule has 0 N–H and O–H groups in total. The van der Waals surface area contributed by atoms with Gasteiger partial charge in [-0.15, -0.1) is 0 Å². The summed E-state index contributed by atoms with van der Waals surface area (Å²) in [7, 11) is -0.945. The minimum Gasteiger partial charge on any atom is -0.394 e. The molecule has 0 unspecified atom stereocenters. The Hall–Kier alpha value is 0.137. The van der Waals surface area contributed by atoms with E-state index in [0.29, 0.717) is 0 Å². The van der Waals surface area contributed by atoms with Crippen molar-refractivity contribution in [1.29, 1.82) is 0 Å². The number of hydrogen-bond donors (Lipinski definition) is 0. The zero-order valence-electron chi connectivity index (χ0n) is 10.3. The smallest absolute Gasteiger partial charge is 0.384 e. The van der Waals surface area contributed by atoms with E-state index in [1.165, 1.54) is 44.6 Å². The van der Waals surface area contributed by atoms with Crippen LogP contribution in [-0.4, -0.2) is 22.5 Å². The van der Waals surface area contributed by atoms with Crippen LogP contribution in [0.3, 0.4) is 0 Å². The van der Waals surface area contributed by atoms with Gasteiger partial charge in [-0.3, -0.25) is 0 Å². The highest BCUT2D eigenvalue weighted by Crippen LogP contribution is 2.28. The second-order valence-corrected chi connectivity index (χ2v) is 6.10. The van der Waals surface area contributed by atoms with E-state index in [-0.39, 0.29) is 0 Å². The van der Waals surface area contributed by atoms with Gasteiger partial charge in [-0.05, 0) is 32.2 Å². The van der Waals surface area contributed by atoms with Gasteiger partial charge >= 0.3 is 9.28 Å². The fraction of sp³-hybridized carbons (Fsp3) is 1.00. The lowest BCUT2D eigenvalue weighted by Crippen LogP contribution is -2.24. The minimum absolute atomic E-state index is 0.805. The van der Waals surface area contributed by atoms with E-state index in [4.69, 9.17) is 8.85 Å². The fourth-order valence-electron chi connectivity index (χ4n) is 2.31. The molecule has 1 aliphatic rings. The van der Waals surface area contributed by atoms with Crippen molar-refractivity contribution < 1.29 is 8.85 Å². The van der Waals surface area contributed by atoms with E-state index in [0.717, 1.165) is 19.1 Å². The van der Waals surface area contributed by atoms with Gasteiger partial charge in [0.15, 0.2) is 0 Å². The molecule has 1 radical (unpaired) electrons. The van der Waals surface area contributed by atoms with E-state index in [1.54, 1.807) is 0 Å². The predicted molar refractivity (Wildman–Crippen MR) is 65.0 cm³/mol. The third kappa shape index (κ3) is 5.69. The molecule has 1 saturated carbocycles. The van der Waals surface area contributed by atoms with Crippen molar-refractivity contribution in [2.24, 2.45) is 5.92 Å². The van der Waals surface area contributed by atoms with Crippen LogP contribution in [0.25, 0.3) is 0 Å². The van der Waals surface area contributed by atoms with Crippen LogP contribution in [0.5, 0.6) is 0 Å². The standard InChI is InChI=1S/C12H25O2Si/c1-3-13-15(14-4-2)11-10-12-8-6-5-7-9-12/h12H,3-11H2,1-2H3. The van der Waals surface area contributed by atoms with Crippen LogP contribution in [0.4, 0.5) is 0 Å². The molecule has 2 nitrogen and oxygen atoms in total. The van der Waals surface area contributed by atoms with Crippen molar-refractivity contribution in [3.63, 3.8) is 0 Å². The molecule has 0 bridgehead atoms. The van der Waals surface area contributed by atoms with Gasteiger partial charge in [-0.1, -0.05) is 32.1 Å².